The topological polar surface area (TPSA) is 49.7 Å². The van der Waals surface area contributed by atoms with Crippen LogP contribution < -0.4 is 0 Å². The predicted octanol–water partition coefficient (Wildman–Crippen LogP) is 2.61. The molecule has 1 aliphatic heterocycles. The lowest BCUT2D eigenvalue weighted by atomic mass is 9.93. The minimum Gasteiger partial charge on any atom is -0.481 e. The molecule has 2 atom stereocenters. The molecule has 0 fully saturated rings. The van der Waals surface area contributed by atoms with E-state index in [-0.39, 0.29) is 18.4 Å². The summed E-state index contributed by atoms with van der Waals surface area (Å²) >= 11 is 0. The molecule has 0 bridgehead atoms. The first-order chi connectivity index (χ1) is 7.72. The third-order valence-electron chi connectivity index (χ3n) is 2.46. The Kier molecular flexibility index (Phi) is 5.26. The van der Waals surface area contributed by atoms with Gasteiger partial charge < -0.3 is 5.11 Å². The zero-order chi connectivity index (χ0) is 11.8. The number of hydrogen-bond acceptors (Lipinski definition) is 2. The molecule has 0 aromatic carbocycles. The van der Waals surface area contributed by atoms with Gasteiger partial charge in [0.25, 0.3) is 0 Å². The van der Waals surface area contributed by atoms with E-state index in [0.717, 1.165) is 12.8 Å². The third kappa shape index (κ3) is 4.73. The maximum absolute atomic E-state index is 10.7. The van der Waals surface area contributed by atoms with Crippen LogP contribution >= 0.6 is 0 Å². The lowest BCUT2D eigenvalue weighted by Crippen LogP contribution is -2.13. The lowest BCUT2D eigenvalue weighted by Gasteiger charge is -2.15. The van der Waals surface area contributed by atoms with Gasteiger partial charge in [-0.15, -0.1) is 6.58 Å². The van der Waals surface area contributed by atoms with E-state index in [1.54, 1.807) is 12.3 Å². The maximum atomic E-state index is 10.7. The predicted molar refractivity (Wildman–Crippen MR) is 65.7 cm³/mol. The first-order valence-corrected chi connectivity index (χ1v) is 5.41. The number of carbonyl (C=O) groups is 1. The average molecular weight is 219 g/mol. The second-order valence-electron chi connectivity index (χ2n) is 3.86. The number of allylic oxidation sites excluding steroid dienone is 4. The molecule has 3 heteroatoms. The summed E-state index contributed by atoms with van der Waals surface area (Å²) in [6.07, 6.45) is 12.9. The van der Waals surface area contributed by atoms with Gasteiger partial charge in [0.2, 0.25) is 0 Å². The highest BCUT2D eigenvalue weighted by atomic mass is 16.4. The van der Waals surface area contributed by atoms with Crippen LogP contribution in [0, 0.1) is 5.92 Å². The van der Waals surface area contributed by atoms with Gasteiger partial charge in [-0.3, -0.25) is 9.79 Å². The summed E-state index contributed by atoms with van der Waals surface area (Å²) in [6.45, 7) is 3.66. The Morgan fingerprint density at radius 2 is 2.31 bits per heavy atom. The van der Waals surface area contributed by atoms with Crippen LogP contribution in [0.3, 0.4) is 0 Å². The number of hydrogen-bond donors (Lipinski definition) is 1. The first kappa shape index (κ1) is 12.4. The molecule has 0 spiro atoms. The molecule has 0 amide bonds. The summed E-state index contributed by atoms with van der Waals surface area (Å²) in [4.78, 5) is 15.0. The van der Waals surface area contributed by atoms with Crippen molar-refractivity contribution in [3.8, 4) is 0 Å². The first-order valence-electron chi connectivity index (χ1n) is 5.41. The SMILES string of the molecule is C=CCC(CC(=O)O)CC1C=CC=CC=N1. The standard InChI is InChI=1S/C13H17NO2/c1-2-6-11(10-13(15)16)9-12-7-4-3-5-8-14-12/h2-5,7-8,11-12H,1,6,9-10H2,(H,15,16). The van der Waals surface area contributed by atoms with Crippen molar-refractivity contribution in [1.29, 1.82) is 0 Å². The van der Waals surface area contributed by atoms with Crippen LogP contribution in [-0.2, 0) is 4.79 Å². The van der Waals surface area contributed by atoms with Gasteiger partial charge >= 0.3 is 5.97 Å². The van der Waals surface area contributed by atoms with Gasteiger partial charge in [-0.05, 0) is 24.8 Å². The Bertz CT molecular complexity index is 313. The highest BCUT2D eigenvalue weighted by Gasteiger charge is 2.15. The molecule has 1 aliphatic rings. The summed E-state index contributed by atoms with van der Waals surface area (Å²) in [6, 6.07) is 0.0827. The molecule has 0 aromatic heterocycles. The van der Waals surface area contributed by atoms with Crippen molar-refractivity contribution in [2.24, 2.45) is 10.9 Å². The summed E-state index contributed by atoms with van der Waals surface area (Å²) < 4.78 is 0. The van der Waals surface area contributed by atoms with Gasteiger partial charge in [0, 0.05) is 12.6 Å². The molecule has 3 nitrogen and oxygen atoms in total. The largest absolute Gasteiger partial charge is 0.481 e. The van der Waals surface area contributed by atoms with Gasteiger partial charge in [-0.25, -0.2) is 0 Å². The molecule has 0 saturated heterocycles. The Labute approximate surface area is 95.9 Å². The Morgan fingerprint density at radius 1 is 1.50 bits per heavy atom. The molecule has 1 heterocycles. The van der Waals surface area contributed by atoms with E-state index in [2.05, 4.69) is 11.6 Å². The van der Waals surface area contributed by atoms with Crippen LogP contribution in [0.25, 0.3) is 0 Å². The van der Waals surface area contributed by atoms with E-state index in [4.69, 9.17) is 5.11 Å². The van der Waals surface area contributed by atoms with Crippen LogP contribution in [-0.4, -0.2) is 23.3 Å². The smallest absolute Gasteiger partial charge is 0.303 e. The minimum atomic E-state index is -0.758. The summed E-state index contributed by atoms with van der Waals surface area (Å²) in [5, 5.41) is 8.79. The summed E-state index contributed by atoms with van der Waals surface area (Å²) in [5.41, 5.74) is 0. The average Bonchev–Trinajstić information content (AvgIpc) is 2.45. The molecule has 2 unspecified atom stereocenters. The number of aliphatic imine (C=N–C) groups is 1. The molecule has 16 heavy (non-hydrogen) atoms. The van der Waals surface area contributed by atoms with Crippen molar-refractivity contribution in [3.63, 3.8) is 0 Å². The monoisotopic (exact) mass is 219 g/mol. The number of carboxylic acids is 1. The molecule has 0 saturated carbocycles. The second kappa shape index (κ2) is 6.77. The van der Waals surface area contributed by atoms with Crippen molar-refractivity contribution in [3.05, 3.63) is 37.0 Å². The van der Waals surface area contributed by atoms with E-state index in [0.29, 0.717) is 0 Å². The van der Waals surface area contributed by atoms with E-state index in [9.17, 15) is 4.79 Å². The fourth-order valence-corrected chi connectivity index (χ4v) is 1.74. The Balaban J connectivity index is 2.53. The number of aliphatic carboxylic acids is 1. The van der Waals surface area contributed by atoms with Crippen molar-refractivity contribution in [1.82, 2.24) is 0 Å². The third-order valence-corrected chi connectivity index (χ3v) is 2.46. The van der Waals surface area contributed by atoms with E-state index in [1.807, 2.05) is 24.3 Å². The van der Waals surface area contributed by atoms with Crippen molar-refractivity contribution >= 4 is 12.2 Å². The Morgan fingerprint density at radius 3 is 3.00 bits per heavy atom. The molecule has 0 aromatic rings. The fraction of sp³-hybridized carbons (Fsp3) is 0.385. The quantitative estimate of drug-likeness (QED) is 0.698. The van der Waals surface area contributed by atoms with Gasteiger partial charge in [-0.2, -0.15) is 0 Å². The van der Waals surface area contributed by atoms with Crippen molar-refractivity contribution < 1.29 is 9.90 Å². The molecule has 1 N–H and O–H groups in total. The zero-order valence-electron chi connectivity index (χ0n) is 9.25. The van der Waals surface area contributed by atoms with E-state index >= 15 is 0 Å². The van der Waals surface area contributed by atoms with Gasteiger partial charge in [0.1, 0.15) is 0 Å². The van der Waals surface area contributed by atoms with Crippen LogP contribution in [0.1, 0.15) is 19.3 Å². The van der Waals surface area contributed by atoms with Gasteiger partial charge in [0.05, 0.1) is 6.04 Å². The number of carboxylic acid groups (broad SMARTS) is 1. The molecular formula is C13H17NO2. The lowest BCUT2D eigenvalue weighted by molar-refractivity contribution is -0.138. The van der Waals surface area contributed by atoms with E-state index in [1.165, 1.54) is 0 Å². The van der Waals surface area contributed by atoms with Crippen LogP contribution in [0.15, 0.2) is 42.0 Å². The molecule has 0 aliphatic carbocycles. The zero-order valence-corrected chi connectivity index (χ0v) is 9.25. The fourth-order valence-electron chi connectivity index (χ4n) is 1.74. The van der Waals surface area contributed by atoms with E-state index < -0.39 is 5.97 Å². The molecule has 0 radical (unpaired) electrons. The Hall–Kier alpha value is -1.64. The van der Waals surface area contributed by atoms with Gasteiger partial charge in [-0.1, -0.05) is 24.3 Å². The number of nitrogens with zero attached hydrogens (tertiary/aromatic N) is 1. The highest BCUT2D eigenvalue weighted by Crippen LogP contribution is 2.19. The highest BCUT2D eigenvalue weighted by molar-refractivity contribution is 5.72. The summed E-state index contributed by atoms with van der Waals surface area (Å²) in [7, 11) is 0. The summed E-state index contributed by atoms with van der Waals surface area (Å²) in [5.74, 6) is -0.647. The van der Waals surface area contributed by atoms with Crippen molar-refractivity contribution in [2.45, 2.75) is 25.3 Å². The van der Waals surface area contributed by atoms with Crippen LogP contribution in [0.4, 0.5) is 0 Å². The van der Waals surface area contributed by atoms with Crippen LogP contribution in [0.2, 0.25) is 0 Å². The molecule has 1 rings (SSSR count). The second-order valence-corrected chi connectivity index (χ2v) is 3.86. The number of rotatable bonds is 6. The minimum absolute atomic E-state index is 0.0827. The van der Waals surface area contributed by atoms with Crippen LogP contribution in [0.5, 0.6) is 0 Å². The molecular weight excluding hydrogens is 202 g/mol. The van der Waals surface area contributed by atoms with Crippen molar-refractivity contribution in [2.75, 3.05) is 0 Å². The maximum Gasteiger partial charge on any atom is 0.303 e. The normalized spacial score (nSPS) is 20.4. The van der Waals surface area contributed by atoms with Gasteiger partial charge in [0.15, 0.2) is 0 Å². The molecule has 86 valence electrons.